The first-order valence-corrected chi connectivity index (χ1v) is 6.90. The largest absolute Gasteiger partial charge is 0.494 e. The van der Waals surface area contributed by atoms with Crippen LogP contribution in [0.1, 0.15) is 23.0 Å². The summed E-state index contributed by atoms with van der Waals surface area (Å²) in [5, 5.41) is 0. The van der Waals surface area contributed by atoms with E-state index < -0.39 is 5.97 Å². The second kappa shape index (κ2) is 6.49. The Morgan fingerprint density at radius 2 is 2.00 bits per heavy atom. The van der Waals surface area contributed by atoms with Crippen molar-refractivity contribution in [2.45, 2.75) is 13.8 Å². The molecule has 0 fully saturated rings. The first kappa shape index (κ1) is 15.2. The standard InChI is InChI=1S/C15H16N2O3S/c1-4-20-11-7-5-10(6-8-11)13-16-9(2)12(14(21)17-13)15(18)19-3/h5-8H,4H2,1-3H3,(H,16,17,21). The Bertz CT molecular complexity index is 708. The molecule has 21 heavy (non-hydrogen) atoms. The predicted molar refractivity (Wildman–Crippen MR) is 82.1 cm³/mol. The zero-order valence-corrected chi connectivity index (χ0v) is 12.9. The molecular weight excluding hydrogens is 288 g/mol. The molecule has 0 bridgehead atoms. The summed E-state index contributed by atoms with van der Waals surface area (Å²) < 4.78 is 10.3. The number of aryl methyl sites for hydroxylation is 1. The van der Waals surface area contributed by atoms with E-state index in [1.165, 1.54) is 7.11 Å². The maximum absolute atomic E-state index is 11.7. The van der Waals surface area contributed by atoms with Gasteiger partial charge in [0.1, 0.15) is 21.8 Å². The van der Waals surface area contributed by atoms with E-state index >= 15 is 0 Å². The second-order valence-electron chi connectivity index (χ2n) is 4.34. The van der Waals surface area contributed by atoms with Crippen LogP contribution in [0.2, 0.25) is 0 Å². The third-order valence-corrected chi connectivity index (χ3v) is 3.23. The number of hydrogen-bond donors (Lipinski definition) is 1. The summed E-state index contributed by atoms with van der Waals surface area (Å²) in [5.41, 5.74) is 1.79. The number of aromatic amines is 1. The molecular formula is C15H16N2O3S. The number of hydrogen-bond acceptors (Lipinski definition) is 5. The number of nitrogens with zero attached hydrogens (tertiary/aromatic N) is 1. The normalized spacial score (nSPS) is 10.2. The fraction of sp³-hybridized carbons (Fsp3) is 0.267. The van der Waals surface area contributed by atoms with Crippen LogP contribution in [0.3, 0.4) is 0 Å². The minimum Gasteiger partial charge on any atom is -0.494 e. The molecule has 1 heterocycles. The van der Waals surface area contributed by atoms with Gasteiger partial charge < -0.3 is 14.5 Å². The van der Waals surface area contributed by atoms with Crippen LogP contribution in [0.5, 0.6) is 5.75 Å². The Labute approximate surface area is 127 Å². The number of ether oxygens (including phenoxy) is 2. The van der Waals surface area contributed by atoms with E-state index in [-0.39, 0.29) is 4.64 Å². The van der Waals surface area contributed by atoms with Gasteiger partial charge in [-0.15, -0.1) is 0 Å². The highest BCUT2D eigenvalue weighted by Gasteiger charge is 2.14. The van der Waals surface area contributed by atoms with Crippen molar-refractivity contribution < 1.29 is 14.3 Å². The van der Waals surface area contributed by atoms with Gasteiger partial charge in [0.15, 0.2) is 0 Å². The lowest BCUT2D eigenvalue weighted by molar-refractivity contribution is 0.0598. The summed E-state index contributed by atoms with van der Waals surface area (Å²) in [6.45, 7) is 4.32. The van der Waals surface area contributed by atoms with Gasteiger partial charge in [-0.1, -0.05) is 12.2 Å². The van der Waals surface area contributed by atoms with Crippen molar-refractivity contribution in [1.82, 2.24) is 9.97 Å². The molecule has 2 rings (SSSR count). The van der Waals surface area contributed by atoms with E-state index in [1.54, 1.807) is 6.92 Å². The van der Waals surface area contributed by atoms with E-state index in [4.69, 9.17) is 21.7 Å². The molecule has 0 aliphatic carbocycles. The lowest BCUT2D eigenvalue weighted by Gasteiger charge is -2.08. The second-order valence-corrected chi connectivity index (χ2v) is 4.73. The predicted octanol–water partition coefficient (Wildman–Crippen LogP) is 3.30. The lowest BCUT2D eigenvalue weighted by Crippen LogP contribution is -2.08. The maximum Gasteiger partial charge on any atom is 0.342 e. The fourth-order valence-electron chi connectivity index (χ4n) is 1.94. The van der Waals surface area contributed by atoms with Gasteiger partial charge in [-0.05, 0) is 38.1 Å². The highest BCUT2D eigenvalue weighted by atomic mass is 32.1. The molecule has 0 aliphatic heterocycles. The molecule has 0 unspecified atom stereocenters. The molecule has 2 aromatic rings. The van der Waals surface area contributed by atoms with E-state index in [0.29, 0.717) is 23.7 Å². The van der Waals surface area contributed by atoms with Crippen LogP contribution in [0.4, 0.5) is 0 Å². The molecule has 5 nitrogen and oxygen atoms in total. The lowest BCUT2D eigenvalue weighted by atomic mass is 10.2. The average Bonchev–Trinajstić information content (AvgIpc) is 2.47. The van der Waals surface area contributed by atoms with Gasteiger partial charge in [0.05, 0.1) is 13.7 Å². The number of carbonyl (C=O) groups is 1. The third kappa shape index (κ3) is 3.28. The minimum atomic E-state index is -0.487. The number of nitrogens with one attached hydrogen (secondary N) is 1. The zero-order chi connectivity index (χ0) is 15.4. The molecule has 0 aliphatic rings. The highest BCUT2D eigenvalue weighted by Crippen LogP contribution is 2.21. The summed E-state index contributed by atoms with van der Waals surface area (Å²) in [6.07, 6.45) is 0. The quantitative estimate of drug-likeness (QED) is 0.693. The van der Waals surface area contributed by atoms with Crippen LogP contribution in [-0.2, 0) is 4.74 Å². The van der Waals surface area contributed by atoms with Gasteiger partial charge in [0.2, 0.25) is 0 Å². The van der Waals surface area contributed by atoms with Gasteiger partial charge in [-0.2, -0.15) is 0 Å². The molecule has 0 spiro atoms. The molecule has 0 saturated heterocycles. The van der Waals surface area contributed by atoms with Gasteiger partial charge >= 0.3 is 5.97 Å². The number of rotatable bonds is 4. The van der Waals surface area contributed by atoms with Crippen molar-refractivity contribution in [3.8, 4) is 17.1 Å². The number of benzene rings is 1. The van der Waals surface area contributed by atoms with Crippen LogP contribution in [-0.4, -0.2) is 29.7 Å². The highest BCUT2D eigenvalue weighted by molar-refractivity contribution is 7.71. The van der Waals surface area contributed by atoms with Crippen molar-refractivity contribution in [2.75, 3.05) is 13.7 Å². The zero-order valence-electron chi connectivity index (χ0n) is 12.1. The smallest absolute Gasteiger partial charge is 0.342 e. The van der Waals surface area contributed by atoms with E-state index in [1.807, 2.05) is 31.2 Å². The molecule has 1 aromatic carbocycles. The van der Waals surface area contributed by atoms with E-state index in [0.717, 1.165) is 11.3 Å². The summed E-state index contributed by atoms with van der Waals surface area (Å²) in [7, 11) is 1.32. The van der Waals surface area contributed by atoms with Crippen LogP contribution in [0, 0.1) is 11.6 Å². The van der Waals surface area contributed by atoms with Crippen LogP contribution < -0.4 is 4.74 Å². The summed E-state index contributed by atoms with van der Waals surface area (Å²) in [4.78, 5) is 19.0. The molecule has 1 aromatic heterocycles. The number of aromatic nitrogens is 2. The molecule has 110 valence electrons. The summed E-state index contributed by atoms with van der Waals surface area (Å²) in [5.74, 6) is 0.912. The van der Waals surface area contributed by atoms with Gasteiger partial charge in [0, 0.05) is 11.3 Å². The van der Waals surface area contributed by atoms with Crippen molar-refractivity contribution >= 4 is 18.2 Å². The van der Waals surface area contributed by atoms with E-state index in [9.17, 15) is 4.79 Å². The number of esters is 1. The molecule has 0 saturated carbocycles. The summed E-state index contributed by atoms with van der Waals surface area (Å²) in [6, 6.07) is 7.49. The van der Waals surface area contributed by atoms with Gasteiger partial charge in [-0.3, -0.25) is 0 Å². The fourth-order valence-corrected chi connectivity index (χ4v) is 2.27. The molecule has 6 heteroatoms. The topological polar surface area (TPSA) is 64.2 Å². The molecule has 0 radical (unpaired) electrons. The van der Waals surface area contributed by atoms with Crippen LogP contribution in [0.25, 0.3) is 11.4 Å². The SMILES string of the molecule is CCOc1ccc(-c2nc(=S)c(C(=O)OC)c(C)[nH]2)cc1. The first-order valence-electron chi connectivity index (χ1n) is 6.49. The van der Waals surface area contributed by atoms with Crippen LogP contribution in [0.15, 0.2) is 24.3 Å². The van der Waals surface area contributed by atoms with Crippen molar-refractivity contribution in [3.05, 3.63) is 40.2 Å². The monoisotopic (exact) mass is 304 g/mol. The van der Waals surface area contributed by atoms with E-state index in [2.05, 4.69) is 9.97 Å². The number of methoxy groups -OCH3 is 1. The van der Waals surface area contributed by atoms with Crippen molar-refractivity contribution in [1.29, 1.82) is 0 Å². The van der Waals surface area contributed by atoms with Crippen LogP contribution >= 0.6 is 12.2 Å². The van der Waals surface area contributed by atoms with Crippen molar-refractivity contribution in [2.24, 2.45) is 0 Å². The Kier molecular flexibility index (Phi) is 4.70. The number of H-pyrrole nitrogens is 1. The number of carbonyl (C=O) groups excluding carboxylic acids is 1. The molecule has 0 atom stereocenters. The Balaban J connectivity index is 2.41. The first-order chi connectivity index (χ1) is 10.1. The Hall–Kier alpha value is -2.21. The average molecular weight is 304 g/mol. The molecule has 1 N–H and O–H groups in total. The van der Waals surface area contributed by atoms with Gasteiger partial charge in [0.25, 0.3) is 0 Å². The summed E-state index contributed by atoms with van der Waals surface area (Å²) >= 11 is 5.18. The van der Waals surface area contributed by atoms with Gasteiger partial charge in [-0.25, -0.2) is 9.78 Å². The third-order valence-electron chi connectivity index (χ3n) is 2.94. The molecule has 0 amide bonds. The maximum atomic E-state index is 11.7. The minimum absolute atomic E-state index is 0.224. The Morgan fingerprint density at radius 1 is 1.33 bits per heavy atom. The Morgan fingerprint density at radius 3 is 2.52 bits per heavy atom. The van der Waals surface area contributed by atoms with Crippen molar-refractivity contribution in [3.63, 3.8) is 0 Å².